The minimum absolute atomic E-state index is 0.137. The summed E-state index contributed by atoms with van der Waals surface area (Å²) in [4.78, 5) is 0. The summed E-state index contributed by atoms with van der Waals surface area (Å²) >= 11 is 0. The summed E-state index contributed by atoms with van der Waals surface area (Å²) in [6.07, 6.45) is 6.23. The molecule has 4 rings (SSSR count). The number of ether oxygens (including phenoxy) is 2. The van der Waals surface area contributed by atoms with E-state index in [2.05, 4.69) is 13.8 Å². The summed E-state index contributed by atoms with van der Waals surface area (Å²) in [7, 11) is 0. The Labute approximate surface area is 212 Å². The quantitative estimate of drug-likeness (QED) is 0.261. The lowest BCUT2D eigenvalue weighted by Crippen LogP contribution is -2.31. The minimum atomic E-state index is -0.816. The largest absolute Gasteiger partial charge is 0.352 e. The van der Waals surface area contributed by atoms with Crippen LogP contribution in [0, 0.1) is 17.5 Å². The molecule has 1 heterocycles. The molecule has 3 aromatic rings. The van der Waals surface area contributed by atoms with Gasteiger partial charge in [0.25, 0.3) is 0 Å². The van der Waals surface area contributed by atoms with Gasteiger partial charge < -0.3 is 9.47 Å². The smallest absolute Gasteiger partial charge is 0.166 e. The number of aryl methyl sites for hydroxylation is 1. The van der Waals surface area contributed by atoms with E-state index in [0.717, 1.165) is 49.7 Å². The van der Waals surface area contributed by atoms with E-state index >= 15 is 0 Å². The highest BCUT2D eigenvalue weighted by Crippen LogP contribution is 2.32. The molecule has 0 saturated carbocycles. The predicted molar refractivity (Wildman–Crippen MR) is 138 cm³/mol. The molecular weight excluding hydrogens is 461 g/mol. The molecular formula is C31H35F3O2. The highest BCUT2D eigenvalue weighted by Gasteiger charge is 2.25. The van der Waals surface area contributed by atoms with Crippen LogP contribution in [0.5, 0.6) is 0 Å². The van der Waals surface area contributed by atoms with E-state index < -0.39 is 11.6 Å². The van der Waals surface area contributed by atoms with Crippen molar-refractivity contribution in [3.63, 3.8) is 0 Å². The SMILES string of the molecule is CCCCCCc1ccc(-c2ccc(-c3ccc(C4COC(CCC)OC4)c(F)c3)cc2)c(F)c1F. The molecule has 0 unspecified atom stereocenters. The van der Waals surface area contributed by atoms with Crippen molar-refractivity contribution in [3.05, 3.63) is 83.2 Å². The highest BCUT2D eigenvalue weighted by molar-refractivity contribution is 5.71. The standard InChI is InChI=1S/C31H35F3O2/c1-3-5-6-7-9-23-14-17-27(31(34)30(23)33)22-12-10-21(11-13-22)24-15-16-26(28(32)18-24)25-19-35-29(8-4-2)36-20-25/h10-18,25,29H,3-9,19-20H2,1-2H3. The van der Waals surface area contributed by atoms with Crippen LogP contribution in [0.3, 0.4) is 0 Å². The number of benzene rings is 3. The molecule has 1 saturated heterocycles. The van der Waals surface area contributed by atoms with E-state index in [9.17, 15) is 13.2 Å². The summed E-state index contributed by atoms with van der Waals surface area (Å²) in [6, 6.07) is 15.6. The molecule has 0 amide bonds. The minimum Gasteiger partial charge on any atom is -0.352 e. The van der Waals surface area contributed by atoms with Crippen LogP contribution in [-0.4, -0.2) is 19.5 Å². The molecule has 0 atom stereocenters. The van der Waals surface area contributed by atoms with Gasteiger partial charge in [-0.25, -0.2) is 13.2 Å². The van der Waals surface area contributed by atoms with Gasteiger partial charge in [0.05, 0.1) is 13.2 Å². The lowest BCUT2D eigenvalue weighted by Gasteiger charge is -2.29. The van der Waals surface area contributed by atoms with Crippen LogP contribution in [-0.2, 0) is 15.9 Å². The second kappa shape index (κ2) is 12.6. The van der Waals surface area contributed by atoms with E-state index in [-0.39, 0.29) is 23.6 Å². The maximum atomic E-state index is 15.0. The molecule has 3 aromatic carbocycles. The molecule has 36 heavy (non-hydrogen) atoms. The van der Waals surface area contributed by atoms with Crippen LogP contribution < -0.4 is 0 Å². The summed E-state index contributed by atoms with van der Waals surface area (Å²) in [6.45, 7) is 5.07. The lowest BCUT2D eigenvalue weighted by atomic mass is 9.94. The molecule has 1 aliphatic heterocycles. The summed E-state index contributed by atoms with van der Waals surface area (Å²) in [5.41, 5.74) is 3.35. The highest BCUT2D eigenvalue weighted by atomic mass is 19.2. The van der Waals surface area contributed by atoms with Crippen LogP contribution in [0.1, 0.15) is 69.4 Å². The van der Waals surface area contributed by atoms with Gasteiger partial charge in [0.2, 0.25) is 0 Å². The zero-order valence-electron chi connectivity index (χ0n) is 21.2. The van der Waals surface area contributed by atoms with Crippen molar-refractivity contribution in [2.45, 2.75) is 71.0 Å². The number of unbranched alkanes of at least 4 members (excludes halogenated alkanes) is 3. The van der Waals surface area contributed by atoms with Gasteiger partial charge in [-0.05, 0) is 53.1 Å². The Morgan fingerprint density at radius 1 is 0.722 bits per heavy atom. The van der Waals surface area contributed by atoms with E-state index in [1.807, 2.05) is 18.2 Å². The molecule has 5 heteroatoms. The van der Waals surface area contributed by atoms with Crippen molar-refractivity contribution >= 4 is 0 Å². The van der Waals surface area contributed by atoms with E-state index in [1.54, 1.807) is 30.3 Å². The average molecular weight is 497 g/mol. The first kappa shape index (κ1) is 26.4. The molecule has 0 spiro atoms. The van der Waals surface area contributed by atoms with Crippen LogP contribution in [0.4, 0.5) is 13.2 Å². The van der Waals surface area contributed by atoms with Crippen molar-refractivity contribution in [1.82, 2.24) is 0 Å². The Morgan fingerprint density at radius 3 is 2.08 bits per heavy atom. The van der Waals surface area contributed by atoms with Gasteiger partial charge in [-0.3, -0.25) is 0 Å². The normalized spacial score (nSPS) is 17.9. The second-order valence-corrected chi connectivity index (χ2v) is 9.61. The Kier molecular flexibility index (Phi) is 9.22. The van der Waals surface area contributed by atoms with Gasteiger partial charge in [0.15, 0.2) is 17.9 Å². The summed E-state index contributed by atoms with van der Waals surface area (Å²) < 4.78 is 55.9. The number of hydrogen-bond donors (Lipinski definition) is 0. The maximum Gasteiger partial charge on any atom is 0.166 e. The van der Waals surface area contributed by atoms with E-state index in [4.69, 9.17) is 9.47 Å². The number of rotatable bonds is 10. The number of hydrogen-bond acceptors (Lipinski definition) is 2. The predicted octanol–water partition coefficient (Wildman–Crippen LogP) is 8.82. The van der Waals surface area contributed by atoms with Gasteiger partial charge in [0.1, 0.15) is 5.82 Å². The molecule has 0 aliphatic carbocycles. The Bertz CT molecular complexity index is 1140. The maximum absolute atomic E-state index is 15.0. The van der Waals surface area contributed by atoms with Crippen molar-refractivity contribution in [2.75, 3.05) is 13.2 Å². The fraction of sp³-hybridized carbons (Fsp3) is 0.419. The van der Waals surface area contributed by atoms with Crippen molar-refractivity contribution in [2.24, 2.45) is 0 Å². The Balaban J connectivity index is 1.45. The molecule has 0 aromatic heterocycles. The van der Waals surface area contributed by atoms with Gasteiger partial charge in [-0.15, -0.1) is 0 Å². The van der Waals surface area contributed by atoms with Gasteiger partial charge in [-0.1, -0.05) is 88.1 Å². The third-order valence-corrected chi connectivity index (χ3v) is 6.92. The monoisotopic (exact) mass is 496 g/mol. The molecule has 1 fully saturated rings. The second-order valence-electron chi connectivity index (χ2n) is 9.61. The Hall–Kier alpha value is -2.63. The van der Waals surface area contributed by atoms with Crippen LogP contribution in [0.2, 0.25) is 0 Å². The third kappa shape index (κ3) is 6.19. The van der Waals surface area contributed by atoms with Crippen LogP contribution >= 0.6 is 0 Å². The van der Waals surface area contributed by atoms with Crippen LogP contribution in [0.15, 0.2) is 54.6 Å². The van der Waals surface area contributed by atoms with Crippen molar-refractivity contribution in [3.8, 4) is 22.3 Å². The number of halogens is 3. The first-order valence-electron chi connectivity index (χ1n) is 13.1. The topological polar surface area (TPSA) is 18.5 Å². The molecule has 0 bridgehead atoms. The van der Waals surface area contributed by atoms with E-state index in [0.29, 0.717) is 36.3 Å². The van der Waals surface area contributed by atoms with Crippen LogP contribution in [0.25, 0.3) is 22.3 Å². The first-order valence-corrected chi connectivity index (χ1v) is 13.1. The van der Waals surface area contributed by atoms with Gasteiger partial charge in [-0.2, -0.15) is 0 Å². The molecule has 2 nitrogen and oxygen atoms in total. The van der Waals surface area contributed by atoms with E-state index in [1.165, 1.54) is 6.07 Å². The molecule has 192 valence electrons. The average Bonchev–Trinajstić information content (AvgIpc) is 2.90. The zero-order chi connectivity index (χ0) is 25.5. The lowest BCUT2D eigenvalue weighted by molar-refractivity contribution is -0.190. The Morgan fingerprint density at radius 2 is 1.42 bits per heavy atom. The summed E-state index contributed by atoms with van der Waals surface area (Å²) in [5.74, 6) is -2.01. The summed E-state index contributed by atoms with van der Waals surface area (Å²) in [5, 5.41) is 0. The molecule has 0 N–H and O–H groups in total. The molecule has 1 aliphatic rings. The fourth-order valence-corrected chi connectivity index (χ4v) is 4.75. The first-order chi connectivity index (χ1) is 17.5. The third-order valence-electron chi connectivity index (χ3n) is 6.92. The molecule has 0 radical (unpaired) electrons. The van der Waals surface area contributed by atoms with Crippen molar-refractivity contribution in [1.29, 1.82) is 0 Å². The van der Waals surface area contributed by atoms with Gasteiger partial charge in [0, 0.05) is 11.5 Å². The van der Waals surface area contributed by atoms with Crippen molar-refractivity contribution < 1.29 is 22.6 Å². The fourth-order valence-electron chi connectivity index (χ4n) is 4.75. The zero-order valence-corrected chi connectivity index (χ0v) is 21.2. The van der Waals surface area contributed by atoms with Gasteiger partial charge >= 0.3 is 0 Å².